The third-order valence-corrected chi connectivity index (χ3v) is 5.23. The first-order chi connectivity index (χ1) is 9.90. The van der Waals surface area contributed by atoms with E-state index in [1.807, 2.05) is 12.1 Å². The number of rotatable bonds is 4. The van der Waals surface area contributed by atoms with Gasteiger partial charge >= 0.3 is 0 Å². The lowest BCUT2D eigenvalue weighted by molar-refractivity contribution is 0.139. The lowest BCUT2D eigenvalue weighted by Gasteiger charge is -2.38. The first-order valence-corrected chi connectivity index (χ1v) is 8.28. The van der Waals surface area contributed by atoms with Crippen molar-refractivity contribution in [1.29, 1.82) is 0 Å². The molecule has 1 unspecified atom stereocenters. The van der Waals surface area contributed by atoms with Gasteiger partial charge in [-0.15, -0.1) is 0 Å². The Bertz CT molecular complexity index is 424. The molecule has 2 rings (SSSR count). The average molecular weight is 289 g/mol. The van der Waals surface area contributed by atoms with Crippen molar-refractivity contribution in [1.82, 2.24) is 0 Å². The smallest absolute Gasteiger partial charge is 0.118 e. The van der Waals surface area contributed by atoms with E-state index in [-0.39, 0.29) is 0 Å². The zero-order chi connectivity index (χ0) is 15.5. The molecule has 1 aliphatic rings. The van der Waals surface area contributed by atoms with Gasteiger partial charge in [0.15, 0.2) is 0 Å². The van der Waals surface area contributed by atoms with Crippen molar-refractivity contribution in [2.75, 3.05) is 7.11 Å². The Kier molecular flexibility index (Phi) is 5.32. The van der Waals surface area contributed by atoms with E-state index >= 15 is 0 Å². The molecule has 21 heavy (non-hydrogen) atoms. The SMILES string of the molecule is COc1ccc(CC(N)C2CCC(C(C)(C)C)CC2)cc1. The van der Waals surface area contributed by atoms with Gasteiger partial charge in [0.05, 0.1) is 7.11 Å². The first kappa shape index (κ1) is 16.4. The summed E-state index contributed by atoms with van der Waals surface area (Å²) in [7, 11) is 1.70. The highest BCUT2D eigenvalue weighted by atomic mass is 16.5. The van der Waals surface area contributed by atoms with Gasteiger partial charge < -0.3 is 10.5 Å². The number of hydrogen-bond donors (Lipinski definition) is 1. The summed E-state index contributed by atoms with van der Waals surface area (Å²) in [4.78, 5) is 0. The van der Waals surface area contributed by atoms with Gasteiger partial charge in [0.1, 0.15) is 5.75 Å². The Hall–Kier alpha value is -1.02. The van der Waals surface area contributed by atoms with Crippen LogP contribution in [0.15, 0.2) is 24.3 Å². The first-order valence-electron chi connectivity index (χ1n) is 8.28. The maximum absolute atomic E-state index is 6.47. The van der Waals surface area contributed by atoms with Gasteiger partial charge in [0, 0.05) is 6.04 Å². The summed E-state index contributed by atoms with van der Waals surface area (Å²) in [6, 6.07) is 8.62. The molecule has 1 saturated carbocycles. The van der Waals surface area contributed by atoms with Gasteiger partial charge in [0.2, 0.25) is 0 Å². The van der Waals surface area contributed by atoms with Crippen LogP contribution in [0.5, 0.6) is 5.75 Å². The normalized spacial score (nSPS) is 24.6. The molecule has 0 saturated heterocycles. The second-order valence-corrected chi connectivity index (χ2v) is 7.69. The molecule has 1 aliphatic carbocycles. The molecule has 118 valence electrons. The van der Waals surface area contributed by atoms with Crippen LogP contribution >= 0.6 is 0 Å². The number of nitrogens with two attached hydrogens (primary N) is 1. The second-order valence-electron chi connectivity index (χ2n) is 7.69. The molecular weight excluding hydrogens is 258 g/mol. The average Bonchev–Trinajstić information content (AvgIpc) is 2.47. The van der Waals surface area contributed by atoms with Crippen LogP contribution in [0.1, 0.15) is 52.0 Å². The molecule has 1 aromatic rings. The minimum Gasteiger partial charge on any atom is -0.497 e. The van der Waals surface area contributed by atoms with Crippen LogP contribution in [0, 0.1) is 17.3 Å². The molecule has 2 heteroatoms. The molecule has 1 aromatic carbocycles. The fraction of sp³-hybridized carbons (Fsp3) is 0.684. The maximum Gasteiger partial charge on any atom is 0.118 e. The lowest BCUT2D eigenvalue weighted by atomic mass is 9.68. The fourth-order valence-electron chi connectivity index (χ4n) is 3.61. The zero-order valence-corrected chi connectivity index (χ0v) is 14.1. The molecule has 2 nitrogen and oxygen atoms in total. The summed E-state index contributed by atoms with van der Waals surface area (Å²) >= 11 is 0. The molecule has 0 amide bonds. The summed E-state index contributed by atoms with van der Waals surface area (Å²) in [6.07, 6.45) is 6.24. The zero-order valence-electron chi connectivity index (χ0n) is 14.1. The lowest BCUT2D eigenvalue weighted by Crippen LogP contribution is -2.36. The molecule has 0 bridgehead atoms. The van der Waals surface area contributed by atoms with E-state index in [9.17, 15) is 0 Å². The van der Waals surface area contributed by atoms with Crippen molar-refractivity contribution in [2.45, 2.75) is 58.9 Å². The van der Waals surface area contributed by atoms with Crippen molar-refractivity contribution in [3.63, 3.8) is 0 Å². The number of hydrogen-bond acceptors (Lipinski definition) is 2. The third kappa shape index (κ3) is 4.47. The Balaban J connectivity index is 1.85. The van der Waals surface area contributed by atoms with Gasteiger partial charge in [0.25, 0.3) is 0 Å². The van der Waals surface area contributed by atoms with E-state index in [4.69, 9.17) is 10.5 Å². The van der Waals surface area contributed by atoms with Crippen LogP contribution < -0.4 is 10.5 Å². The van der Waals surface area contributed by atoms with Crippen molar-refractivity contribution >= 4 is 0 Å². The van der Waals surface area contributed by atoms with Gasteiger partial charge in [-0.1, -0.05) is 32.9 Å². The molecular formula is C19H31NO. The molecule has 0 aliphatic heterocycles. The molecule has 1 atom stereocenters. The van der Waals surface area contributed by atoms with Crippen molar-refractivity contribution in [3.05, 3.63) is 29.8 Å². The van der Waals surface area contributed by atoms with Crippen LogP contribution in [0.4, 0.5) is 0 Å². The van der Waals surface area contributed by atoms with E-state index in [2.05, 4.69) is 32.9 Å². The maximum atomic E-state index is 6.47. The molecule has 2 N–H and O–H groups in total. The predicted octanol–water partition coefficient (Wildman–Crippen LogP) is 4.42. The van der Waals surface area contributed by atoms with Gasteiger partial charge in [-0.3, -0.25) is 0 Å². The highest BCUT2D eigenvalue weighted by molar-refractivity contribution is 5.27. The van der Waals surface area contributed by atoms with Crippen molar-refractivity contribution < 1.29 is 4.74 Å². The topological polar surface area (TPSA) is 35.2 Å². The Morgan fingerprint density at radius 2 is 1.67 bits per heavy atom. The van der Waals surface area contributed by atoms with Crippen LogP contribution in [0.25, 0.3) is 0 Å². The second kappa shape index (κ2) is 6.83. The Morgan fingerprint density at radius 3 is 2.14 bits per heavy atom. The highest BCUT2D eigenvalue weighted by Gasteiger charge is 2.31. The predicted molar refractivity (Wildman–Crippen MR) is 89.6 cm³/mol. The largest absolute Gasteiger partial charge is 0.497 e. The van der Waals surface area contributed by atoms with Crippen LogP contribution in [-0.2, 0) is 6.42 Å². The number of ether oxygens (including phenoxy) is 1. The Morgan fingerprint density at radius 1 is 1.10 bits per heavy atom. The Labute approximate surface area is 130 Å². The summed E-state index contributed by atoms with van der Waals surface area (Å²) in [5.74, 6) is 2.46. The van der Waals surface area contributed by atoms with Crippen molar-refractivity contribution in [3.8, 4) is 5.75 Å². The fourth-order valence-corrected chi connectivity index (χ4v) is 3.61. The van der Waals surface area contributed by atoms with Crippen LogP contribution in [-0.4, -0.2) is 13.2 Å². The molecule has 0 heterocycles. The van der Waals surface area contributed by atoms with Crippen molar-refractivity contribution in [2.24, 2.45) is 23.0 Å². The molecule has 0 spiro atoms. The number of benzene rings is 1. The van der Waals surface area contributed by atoms with E-state index in [1.165, 1.54) is 31.2 Å². The minimum absolute atomic E-state index is 0.291. The molecule has 0 radical (unpaired) electrons. The standard InChI is InChI=1S/C19H31NO/c1-19(2,3)16-9-7-15(8-10-16)18(20)13-14-5-11-17(21-4)12-6-14/h5-6,11-12,15-16,18H,7-10,13,20H2,1-4H3. The quantitative estimate of drug-likeness (QED) is 0.890. The van der Waals surface area contributed by atoms with E-state index in [0.29, 0.717) is 17.4 Å². The van der Waals surface area contributed by atoms with Crippen LogP contribution in [0.3, 0.4) is 0 Å². The summed E-state index contributed by atoms with van der Waals surface area (Å²) < 4.78 is 5.20. The molecule has 0 aromatic heterocycles. The van der Waals surface area contributed by atoms with Gasteiger partial charge in [-0.2, -0.15) is 0 Å². The van der Waals surface area contributed by atoms with E-state index in [0.717, 1.165) is 18.1 Å². The highest BCUT2D eigenvalue weighted by Crippen LogP contribution is 2.40. The molecule has 1 fully saturated rings. The number of methoxy groups -OCH3 is 1. The summed E-state index contributed by atoms with van der Waals surface area (Å²) in [5, 5.41) is 0. The van der Waals surface area contributed by atoms with E-state index < -0.39 is 0 Å². The van der Waals surface area contributed by atoms with Crippen LogP contribution in [0.2, 0.25) is 0 Å². The summed E-state index contributed by atoms with van der Waals surface area (Å²) in [5.41, 5.74) is 8.24. The summed E-state index contributed by atoms with van der Waals surface area (Å²) in [6.45, 7) is 7.11. The van der Waals surface area contributed by atoms with Gasteiger partial charge in [-0.25, -0.2) is 0 Å². The van der Waals surface area contributed by atoms with Gasteiger partial charge in [-0.05, 0) is 67.1 Å². The monoisotopic (exact) mass is 289 g/mol. The minimum atomic E-state index is 0.291. The third-order valence-electron chi connectivity index (χ3n) is 5.23. The van der Waals surface area contributed by atoms with E-state index in [1.54, 1.807) is 7.11 Å².